The third-order valence-electron chi connectivity index (χ3n) is 1.51. The molecule has 0 fully saturated rings. The van der Waals surface area contributed by atoms with E-state index < -0.39 is 0 Å². The van der Waals surface area contributed by atoms with Gasteiger partial charge < -0.3 is 4.74 Å². The highest BCUT2D eigenvalue weighted by molar-refractivity contribution is 5.44. The first-order valence-electron chi connectivity index (χ1n) is 3.71. The van der Waals surface area contributed by atoms with Crippen LogP contribution in [0.5, 0.6) is 0 Å². The summed E-state index contributed by atoms with van der Waals surface area (Å²) >= 11 is 0. The summed E-state index contributed by atoms with van der Waals surface area (Å²) in [5.74, 6) is 1.50. The van der Waals surface area contributed by atoms with Crippen LogP contribution >= 0.6 is 0 Å². The number of ether oxygens (including phenoxy) is 1. The molecule has 1 heterocycles. The number of nitrogens with zero attached hydrogens (tertiary/aromatic N) is 2. The Hall–Kier alpha value is -2.00. The molecule has 0 unspecified atom stereocenters. The maximum atomic E-state index is 6.78. The van der Waals surface area contributed by atoms with Gasteiger partial charge in [-0.1, -0.05) is 0 Å². The molecule has 0 atom stereocenters. The summed E-state index contributed by atoms with van der Waals surface area (Å²) in [6.45, 7) is 17.2. The van der Waals surface area contributed by atoms with Gasteiger partial charge in [-0.05, 0) is 26.0 Å². The van der Waals surface area contributed by atoms with Crippen molar-refractivity contribution in [1.82, 2.24) is 0 Å². The quantitative estimate of drug-likeness (QED) is 0.514. The molecule has 3 nitrogen and oxygen atoms in total. The van der Waals surface area contributed by atoms with Gasteiger partial charge in [0.25, 0.3) is 0 Å². The summed E-state index contributed by atoms with van der Waals surface area (Å²) < 4.78 is 5.24. The minimum absolute atomic E-state index is 0.0852. The van der Waals surface area contributed by atoms with Gasteiger partial charge in [0, 0.05) is 0 Å². The van der Waals surface area contributed by atoms with Crippen molar-refractivity contribution in [1.29, 1.82) is 0 Å². The summed E-state index contributed by atoms with van der Waals surface area (Å²) in [5, 5.41) is 0. The smallest absolute Gasteiger partial charge is 0.467 e. The minimum Gasteiger partial charge on any atom is -0.467 e. The zero-order chi connectivity index (χ0) is 9.84. The van der Waals surface area contributed by atoms with Gasteiger partial charge in [0.05, 0.1) is 5.57 Å². The molecular formula is C10H8N2O. The Kier molecular flexibility index (Phi) is 2.52. The lowest BCUT2D eigenvalue weighted by molar-refractivity contribution is 0.304. The van der Waals surface area contributed by atoms with Crippen LogP contribution in [-0.2, 0) is 4.74 Å². The van der Waals surface area contributed by atoms with Crippen LogP contribution in [0.1, 0.15) is 13.8 Å². The second-order valence-electron chi connectivity index (χ2n) is 2.61. The molecule has 3 heteroatoms. The van der Waals surface area contributed by atoms with Gasteiger partial charge >= 0.3 is 5.82 Å². The van der Waals surface area contributed by atoms with E-state index >= 15 is 0 Å². The van der Waals surface area contributed by atoms with Crippen LogP contribution in [-0.4, -0.2) is 0 Å². The van der Waals surface area contributed by atoms with Crippen molar-refractivity contribution in [2.45, 2.75) is 13.8 Å². The van der Waals surface area contributed by atoms with Gasteiger partial charge in [-0.25, -0.2) is 0 Å². The van der Waals surface area contributed by atoms with Crippen LogP contribution in [0, 0.1) is 13.1 Å². The first-order valence-corrected chi connectivity index (χ1v) is 3.71. The summed E-state index contributed by atoms with van der Waals surface area (Å²) in [4.78, 5) is 6.26. The standard InChI is InChI=1S/C10H8N2O/c1-7-5-9(6-8(2)13-7)10(11-3)12-4/h5-6H,1-2H3. The average molecular weight is 172 g/mol. The molecule has 0 aromatic rings. The van der Waals surface area contributed by atoms with Crippen LogP contribution < -0.4 is 0 Å². The second-order valence-corrected chi connectivity index (χ2v) is 2.61. The zero-order valence-electron chi connectivity index (χ0n) is 7.46. The van der Waals surface area contributed by atoms with Crippen molar-refractivity contribution in [2.75, 3.05) is 0 Å². The topological polar surface area (TPSA) is 18.0 Å². The van der Waals surface area contributed by atoms with Crippen molar-refractivity contribution < 1.29 is 4.74 Å². The molecule has 0 aliphatic carbocycles. The zero-order valence-corrected chi connectivity index (χ0v) is 7.46. The lowest BCUT2D eigenvalue weighted by atomic mass is 10.2. The van der Waals surface area contributed by atoms with Crippen molar-refractivity contribution in [3.63, 3.8) is 0 Å². The molecule has 0 aromatic carbocycles. The predicted molar refractivity (Wildman–Crippen MR) is 48.8 cm³/mol. The van der Waals surface area contributed by atoms with E-state index in [4.69, 9.17) is 17.9 Å². The Morgan fingerprint density at radius 2 is 1.62 bits per heavy atom. The van der Waals surface area contributed by atoms with E-state index in [0.717, 1.165) is 0 Å². The number of allylic oxidation sites excluding steroid dienone is 5. The lowest BCUT2D eigenvalue weighted by Gasteiger charge is -2.10. The summed E-state index contributed by atoms with van der Waals surface area (Å²) in [7, 11) is 0. The largest absolute Gasteiger partial charge is 0.526 e. The normalized spacial score (nSPS) is 14.6. The van der Waals surface area contributed by atoms with E-state index in [2.05, 4.69) is 9.69 Å². The van der Waals surface area contributed by atoms with E-state index in [1.807, 2.05) is 0 Å². The molecule has 0 aromatic heterocycles. The maximum Gasteiger partial charge on any atom is 0.526 e. The Labute approximate surface area is 77.3 Å². The highest BCUT2D eigenvalue weighted by Gasteiger charge is 2.14. The monoisotopic (exact) mass is 172 g/mol. The fourth-order valence-electron chi connectivity index (χ4n) is 1.08. The van der Waals surface area contributed by atoms with E-state index in [9.17, 15) is 0 Å². The number of hydrogen-bond acceptors (Lipinski definition) is 1. The van der Waals surface area contributed by atoms with Crippen molar-refractivity contribution in [2.24, 2.45) is 0 Å². The molecule has 0 N–H and O–H groups in total. The van der Waals surface area contributed by atoms with Gasteiger partial charge in [-0.2, -0.15) is 9.69 Å². The third-order valence-corrected chi connectivity index (χ3v) is 1.51. The average Bonchev–Trinajstić information content (AvgIpc) is 2.04. The molecule has 0 radical (unpaired) electrons. The van der Waals surface area contributed by atoms with Crippen molar-refractivity contribution >= 4 is 0 Å². The highest BCUT2D eigenvalue weighted by atomic mass is 16.5. The first-order chi connectivity index (χ1) is 6.17. The fourth-order valence-corrected chi connectivity index (χ4v) is 1.08. The molecule has 1 rings (SSSR count). The number of hydrogen-bond donors (Lipinski definition) is 0. The van der Waals surface area contributed by atoms with Crippen LogP contribution in [0.25, 0.3) is 9.69 Å². The van der Waals surface area contributed by atoms with E-state index in [0.29, 0.717) is 17.1 Å². The minimum atomic E-state index is 0.0852. The molecule has 64 valence electrons. The van der Waals surface area contributed by atoms with E-state index in [1.54, 1.807) is 26.0 Å². The number of rotatable bonds is 0. The van der Waals surface area contributed by atoms with Crippen LogP contribution in [0.3, 0.4) is 0 Å². The molecular weight excluding hydrogens is 164 g/mol. The Morgan fingerprint density at radius 1 is 1.15 bits per heavy atom. The maximum absolute atomic E-state index is 6.78. The van der Waals surface area contributed by atoms with Crippen LogP contribution in [0.15, 0.2) is 35.1 Å². The Morgan fingerprint density at radius 3 is 2.00 bits per heavy atom. The Bertz CT molecular complexity index is 364. The molecule has 0 amide bonds. The van der Waals surface area contributed by atoms with Gasteiger partial charge in [0.15, 0.2) is 0 Å². The van der Waals surface area contributed by atoms with Gasteiger partial charge in [0.2, 0.25) is 0 Å². The third kappa shape index (κ3) is 1.98. The Balaban J connectivity index is 3.21. The van der Waals surface area contributed by atoms with Crippen molar-refractivity contribution in [3.8, 4) is 0 Å². The molecule has 0 saturated heterocycles. The molecule has 0 spiro atoms. The molecule has 0 bridgehead atoms. The summed E-state index contributed by atoms with van der Waals surface area (Å²) in [6.07, 6.45) is 3.39. The molecule has 1 aliphatic heterocycles. The fraction of sp³-hybridized carbons (Fsp3) is 0.200. The van der Waals surface area contributed by atoms with Crippen LogP contribution in [0.4, 0.5) is 0 Å². The SMILES string of the molecule is [C-]#[N+]C([N+]#[C-])=C1C=C(C)OC(C)=C1. The molecule has 1 aliphatic rings. The van der Waals surface area contributed by atoms with Gasteiger partial charge in [-0.3, -0.25) is 0 Å². The van der Waals surface area contributed by atoms with E-state index in [1.165, 1.54) is 0 Å². The molecule has 0 saturated carbocycles. The second kappa shape index (κ2) is 3.60. The molecule has 13 heavy (non-hydrogen) atoms. The summed E-state index contributed by atoms with van der Waals surface area (Å²) in [5.41, 5.74) is 0.631. The van der Waals surface area contributed by atoms with Gasteiger partial charge in [0.1, 0.15) is 24.7 Å². The highest BCUT2D eigenvalue weighted by Crippen LogP contribution is 2.21. The first kappa shape index (κ1) is 9.09. The lowest BCUT2D eigenvalue weighted by Crippen LogP contribution is -1.94. The van der Waals surface area contributed by atoms with E-state index in [-0.39, 0.29) is 5.82 Å². The van der Waals surface area contributed by atoms with Crippen LogP contribution in [0.2, 0.25) is 0 Å². The predicted octanol–water partition coefficient (Wildman–Crippen LogP) is 2.87. The summed E-state index contributed by atoms with van der Waals surface area (Å²) in [6, 6.07) is 0. The van der Waals surface area contributed by atoms with Crippen molar-refractivity contribution in [3.05, 3.63) is 57.9 Å². The van der Waals surface area contributed by atoms with Gasteiger partial charge in [-0.15, -0.1) is 0 Å².